The lowest BCUT2D eigenvalue weighted by Gasteiger charge is -2.37. The SMILES string of the molecule is CCCCC(C)(C)OC(=O)N[C@H]1CC[C@H](C(=O)N(C)C)C[C@H]1NC(=O)c1nc2c(s1)CN(C)CC2. The average Bonchev–Trinajstić information content (AvgIpc) is 3.21. The molecule has 1 saturated carbocycles. The lowest BCUT2D eigenvalue weighted by atomic mass is 9.81. The molecule has 0 saturated heterocycles. The number of nitrogens with one attached hydrogen (secondary N) is 2. The fourth-order valence-corrected chi connectivity index (χ4v) is 5.92. The molecule has 0 aromatic carbocycles. The van der Waals surface area contributed by atoms with Crippen LogP contribution in [0.2, 0.25) is 0 Å². The molecule has 0 spiro atoms. The number of nitrogens with zero attached hydrogens (tertiary/aromatic N) is 3. The van der Waals surface area contributed by atoms with Crippen LogP contribution in [0.4, 0.5) is 4.79 Å². The minimum atomic E-state index is -0.565. The minimum Gasteiger partial charge on any atom is -0.444 e. The molecule has 0 radical (unpaired) electrons. The van der Waals surface area contributed by atoms with Crippen LogP contribution in [-0.2, 0) is 22.5 Å². The van der Waals surface area contributed by atoms with Crippen molar-refractivity contribution in [3.05, 3.63) is 15.6 Å². The third-order valence-corrected chi connectivity index (χ3v) is 7.96. The molecular weight excluding hydrogens is 466 g/mol. The second-order valence-corrected chi connectivity index (χ2v) is 11.8. The zero-order valence-corrected chi connectivity index (χ0v) is 22.8. The van der Waals surface area contributed by atoms with Crippen LogP contribution in [0.15, 0.2) is 0 Å². The number of carbonyl (C=O) groups excluding carboxylic acids is 3. The van der Waals surface area contributed by atoms with Crippen LogP contribution in [0.25, 0.3) is 0 Å². The lowest BCUT2D eigenvalue weighted by molar-refractivity contribution is -0.134. The van der Waals surface area contributed by atoms with Crippen molar-refractivity contribution in [1.29, 1.82) is 0 Å². The number of rotatable bonds is 8. The van der Waals surface area contributed by atoms with E-state index in [4.69, 9.17) is 4.74 Å². The molecular formula is C25H41N5O4S. The predicted octanol–water partition coefficient (Wildman–Crippen LogP) is 3.18. The van der Waals surface area contributed by atoms with E-state index in [-0.39, 0.29) is 29.8 Å². The number of thiazole rings is 1. The van der Waals surface area contributed by atoms with Crippen molar-refractivity contribution >= 4 is 29.2 Å². The van der Waals surface area contributed by atoms with Crippen LogP contribution in [0.3, 0.4) is 0 Å². The molecule has 3 rings (SSSR count). The van der Waals surface area contributed by atoms with Gasteiger partial charge < -0.3 is 25.2 Å². The van der Waals surface area contributed by atoms with Crippen LogP contribution >= 0.6 is 11.3 Å². The molecule has 35 heavy (non-hydrogen) atoms. The van der Waals surface area contributed by atoms with E-state index in [2.05, 4.69) is 34.5 Å². The molecule has 1 aliphatic heterocycles. The molecule has 2 N–H and O–H groups in total. The summed E-state index contributed by atoms with van der Waals surface area (Å²) in [5.41, 5.74) is 0.430. The summed E-state index contributed by atoms with van der Waals surface area (Å²) in [6.07, 6.45) is 4.83. The van der Waals surface area contributed by atoms with E-state index in [0.717, 1.165) is 49.3 Å². The molecule has 1 aromatic heterocycles. The monoisotopic (exact) mass is 507 g/mol. The number of amides is 3. The number of likely N-dealkylation sites (N-methyl/N-ethyl adjacent to an activating group) is 1. The van der Waals surface area contributed by atoms with Crippen molar-refractivity contribution in [3.8, 4) is 0 Å². The van der Waals surface area contributed by atoms with E-state index in [9.17, 15) is 14.4 Å². The van der Waals surface area contributed by atoms with Gasteiger partial charge in [0, 0.05) is 44.4 Å². The molecule has 1 fully saturated rings. The van der Waals surface area contributed by atoms with E-state index in [1.54, 1.807) is 19.0 Å². The second kappa shape index (κ2) is 11.7. The van der Waals surface area contributed by atoms with E-state index in [0.29, 0.717) is 24.3 Å². The molecule has 2 heterocycles. The van der Waals surface area contributed by atoms with Crippen molar-refractivity contribution in [2.24, 2.45) is 5.92 Å². The minimum absolute atomic E-state index is 0.0405. The molecule has 196 valence electrons. The van der Waals surface area contributed by atoms with Crippen LogP contribution in [-0.4, -0.2) is 78.1 Å². The van der Waals surface area contributed by atoms with Gasteiger partial charge in [-0.25, -0.2) is 9.78 Å². The summed E-state index contributed by atoms with van der Waals surface area (Å²) in [5, 5.41) is 6.50. The Balaban J connectivity index is 1.70. The first kappa shape index (κ1) is 27.4. The fourth-order valence-electron chi connectivity index (χ4n) is 4.83. The Kier molecular flexibility index (Phi) is 9.15. The van der Waals surface area contributed by atoms with Gasteiger partial charge in [-0.3, -0.25) is 9.59 Å². The Morgan fingerprint density at radius 2 is 1.94 bits per heavy atom. The molecule has 3 amide bonds. The summed E-state index contributed by atoms with van der Waals surface area (Å²) in [7, 11) is 5.55. The molecule has 0 bridgehead atoms. The first-order chi connectivity index (χ1) is 16.5. The molecule has 0 unspecified atom stereocenters. The Bertz CT molecular complexity index is 916. The highest BCUT2D eigenvalue weighted by Crippen LogP contribution is 2.29. The van der Waals surface area contributed by atoms with Crippen LogP contribution < -0.4 is 10.6 Å². The summed E-state index contributed by atoms with van der Waals surface area (Å²) < 4.78 is 5.71. The highest BCUT2D eigenvalue weighted by Gasteiger charge is 2.37. The first-order valence-corrected chi connectivity index (χ1v) is 13.5. The van der Waals surface area contributed by atoms with Gasteiger partial charge >= 0.3 is 6.09 Å². The summed E-state index contributed by atoms with van der Waals surface area (Å²) in [6.45, 7) is 7.66. The van der Waals surface area contributed by atoms with Gasteiger partial charge in [0.05, 0.1) is 17.8 Å². The van der Waals surface area contributed by atoms with Crippen molar-refractivity contribution in [2.45, 2.75) is 89.9 Å². The van der Waals surface area contributed by atoms with Gasteiger partial charge in [0.1, 0.15) is 5.60 Å². The highest BCUT2D eigenvalue weighted by atomic mass is 32.1. The largest absolute Gasteiger partial charge is 0.444 e. The third-order valence-electron chi connectivity index (χ3n) is 6.88. The van der Waals surface area contributed by atoms with Gasteiger partial charge in [-0.2, -0.15) is 0 Å². The van der Waals surface area contributed by atoms with Crippen molar-refractivity contribution in [3.63, 3.8) is 0 Å². The van der Waals surface area contributed by atoms with E-state index >= 15 is 0 Å². The van der Waals surface area contributed by atoms with Crippen LogP contribution in [0, 0.1) is 5.92 Å². The number of hydrogen-bond donors (Lipinski definition) is 2. The van der Waals surface area contributed by atoms with Crippen molar-refractivity contribution in [1.82, 2.24) is 25.4 Å². The fraction of sp³-hybridized carbons (Fsp3) is 0.760. The van der Waals surface area contributed by atoms with Gasteiger partial charge in [-0.15, -0.1) is 11.3 Å². The Morgan fingerprint density at radius 3 is 2.63 bits per heavy atom. The maximum absolute atomic E-state index is 13.2. The summed E-state index contributed by atoms with van der Waals surface area (Å²) in [5.74, 6) is -0.416. The maximum Gasteiger partial charge on any atom is 0.407 e. The van der Waals surface area contributed by atoms with Crippen LogP contribution in [0.1, 0.15) is 79.7 Å². The lowest BCUT2D eigenvalue weighted by Crippen LogP contribution is -2.56. The summed E-state index contributed by atoms with van der Waals surface area (Å²) >= 11 is 1.43. The number of aromatic nitrogens is 1. The van der Waals surface area contributed by atoms with Gasteiger partial charge in [0.25, 0.3) is 5.91 Å². The number of unbranched alkanes of at least 4 members (excludes halogenated alkanes) is 1. The zero-order chi connectivity index (χ0) is 25.8. The Labute approximate surface area is 213 Å². The molecule has 1 aromatic rings. The number of ether oxygens (including phenoxy) is 1. The van der Waals surface area contributed by atoms with Gasteiger partial charge in [0.15, 0.2) is 5.01 Å². The number of fused-ring (bicyclic) bond motifs is 1. The maximum atomic E-state index is 13.2. The molecule has 10 heteroatoms. The summed E-state index contributed by atoms with van der Waals surface area (Å²) in [6, 6.07) is -0.708. The topological polar surface area (TPSA) is 104 Å². The van der Waals surface area contributed by atoms with Gasteiger partial charge in [-0.05, 0) is 53.0 Å². The quantitative estimate of drug-likeness (QED) is 0.560. The van der Waals surface area contributed by atoms with Crippen molar-refractivity contribution in [2.75, 3.05) is 27.7 Å². The van der Waals surface area contributed by atoms with Crippen molar-refractivity contribution < 1.29 is 19.1 Å². The normalized spacial score (nSPS) is 22.7. The first-order valence-electron chi connectivity index (χ1n) is 12.7. The van der Waals surface area contributed by atoms with E-state index in [1.165, 1.54) is 11.3 Å². The van der Waals surface area contributed by atoms with Crippen LogP contribution in [0.5, 0.6) is 0 Å². The predicted molar refractivity (Wildman–Crippen MR) is 136 cm³/mol. The Morgan fingerprint density at radius 1 is 1.20 bits per heavy atom. The second-order valence-electron chi connectivity index (χ2n) is 10.7. The van der Waals surface area contributed by atoms with Gasteiger partial charge in [0.2, 0.25) is 5.91 Å². The van der Waals surface area contributed by atoms with E-state index in [1.807, 2.05) is 13.8 Å². The highest BCUT2D eigenvalue weighted by molar-refractivity contribution is 7.13. The number of hydrogen-bond acceptors (Lipinski definition) is 7. The number of alkyl carbamates (subject to hydrolysis) is 1. The molecule has 2 aliphatic rings. The molecule has 1 aliphatic carbocycles. The average molecular weight is 508 g/mol. The number of carbonyl (C=O) groups is 3. The van der Waals surface area contributed by atoms with E-state index < -0.39 is 11.7 Å². The van der Waals surface area contributed by atoms with Gasteiger partial charge in [-0.1, -0.05) is 13.3 Å². The molecule has 9 nitrogen and oxygen atoms in total. The smallest absolute Gasteiger partial charge is 0.407 e. The standard InChI is InChI=1S/C25H41N5O4S/c1-7-8-12-25(2,3)34-24(33)28-17-10-9-16(23(32)29(4)5)14-19(17)26-21(31)22-27-18-11-13-30(6)15-20(18)35-22/h16-17,19H,7-15H2,1-6H3,(H,26,31)(H,28,33)/t16-,17-,19+/m0/s1. The Hall–Kier alpha value is -2.20. The third kappa shape index (κ3) is 7.39. The summed E-state index contributed by atoms with van der Waals surface area (Å²) in [4.78, 5) is 48.1. The zero-order valence-electron chi connectivity index (χ0n) is 22.0. The molecule has 3 atom stereocenters.